The van der Waals surface area contributed by atoms with Crippen LogP contribution in [0.25, 0.3) is 0 Å². The second-order valence-corrected chi connectivity index (χ2v) is 13.2. The molecular weight excluding hydrogens is 613 g/mol. The van der Waals surface area contributed by atoms with Gasteiger partial charge in [0.25, 0.3) is 0 Å². The van der Waals surface area contributed by atoms with Gasteiger partial charge in [-0.15, -0.1) is 0 Å². The van der Waals surface area contributed by atoms with Gasteiger partial charge in [0.1, 0.15) is 12.6 Å². The summed E-state index contributed by atoms with van der Waals surface area (Å²) >= 11 is 13.1. The van der Waals surface area contributed by atoms with Crippen LogP contribution < -0.4 is 19.1 Å². The molecule has 0 aromatic heterocycles. The van der Waals surface area contributed by atoms with Crippen LogP contribution in [-0.4, -0.2) is 56.3 Å². The van der Waals surface area contributed by atoms with E-state index in [2.05, 4.69) is 5.32 Å². The van der Waals surface area contributed by atoms with Crippen LogP contribution in [0.3, 0.4) is 0 Å². The number of fused-ring (bicyclic) bond motifs is 1. The summed E-state index contributed by atoms with van der Waals surface area (Å²) in [5.41, 5.74) is 1.50. The molecule has 3 aromatic carbocycles. The maximum absolute atomic E-state index is 14.3. The van der Waals surface area contributed by atoms with Crippen molar-refractivity contribution in [1.82, 2.24) is 10.2 Å². The third-order valence-electron chi connectivity index (χ3n) is 7.29. The maximum atomic E-state index is 14.3. The highest BCUT2D eigenvalue weighted by Crippen LogP contribution is 2.36. The Balaban J connectivity index is 1.78. The molecule has 2 amide bonds. The molecule has 12 heteroatoms. The van der Waals surface area contributed by atoms with Crippen molar-refractivity contribution < 1.29 is 27.5 Å². The smallest absolute Gasteiger partial charge is 0.244 e. The van der Waals surface area contributed by atoms with Crippen molar-refractivity contribution in [1.29, 1.82) is 0 Å². The number of hydrogen-bond acceptors (Lipinski definition) is 6. The molecule has 9 nitrogen and oxygen atoms in total. The molecule has 0 bridgehead atoms. The van der Waals surface area contributed by atoms with Crippen molar-refractivity contribution >= 4 is 50.7 Å². The number of nitrogens with one attached hydrogen (secondary N) is 1. The van der Waals surface area contributed by atoms with Crippen molar-refractivity contribution in [2.75, 3.05) is 23.4 Å². The first-order valence-corrected chi connectivity index (χ1v) is 16.4. The van der Waals surface area contributed by atoms with Crippen LogP contribution >= 0.6 is 23.2 Å². The molecule has 0 unspecified atom stereocenters. The summed E-state index contributed by atoms with van der Waals surface area (Å²) in [4.78, 5) is 29.5. The van der Waals surface area contributed by atoms with Gasteiger partial charge in [0.05, 0.1) is 11.4 Å². The summed E-state index contributed by atoms with van der Waals surface area (Å²) in [6, 6.07) is 17.8. The molecule has 43 heavy (non-hydrogen) atoms. The SMILES string of the molecule is CC[C@H](C)NC(=O)[C@@H](Cc1ccccc1)N(Cc1c(Cl)cccc1Cl)C(=O)CN(c1ccc2c(c1)OCO2)S(=O)(=O)CC. The van der Waals surface area contributed by atoms with E-state index in [1.54, 1.807) is 30.3 Å². The maximum Gasteiger partial charge on any atom is 0.244 e. The number of ether oxygens (including phenoxy) is 2. The molecule has 1 aliphatic rings. The Morgan fingerprint density at radius 3 is 2.28 bits per heavy atom. The molecule has 0 aliphatic carbocycles. The number of carbonyl (C=O) groups excluding carboxylic acids is 2. The molecule has 0 radical (unpaired) electrons. The summed E-state index contributed by atoms with van der Waals surface area (Å²) in [6.07, 6.45) is 0.863. The highest BCUT2D eigenvalue weighted by molar-refractivity contribution is 7.92. The van der Waals surface area contributed by atoms with E-state index in [0.29, 0.717) is 33.5 Å². The van der Waals surface area contributed by atoms with Crippen molar-refractivity contribution in [3.05, 3.63) is 87.9 Å². The topological polar surface area (TPSA) is 105 Å². The summed E-state index contributed by atoms with van der Waals surface area (Å²) < 4.78 is 38.6. The average molecular weight is 649 g/mol. The minimum Gasteiger partial charge on any atom is -0.454 e. The van der Waals surface area contributed by atoms with Crippen molar-refractivity contribution in [2.45, 2.75) is 52.2 Å². The lowest BCUT2D eigenvalue weighted by molar-refractivity contribution is -0.140. The highest BCUT2D eigenvalue weighted by Gasteiger charge is 2.35. The Kier molecular flexibility index (Phi) is 10.8. The van der Waals surface area contributed by atoms with E-state index in [9.17, 15) is 18.0 Å². The predicted octanol–water partition coefficient (Wildman–Crippen LogP) is 5.43. The Bertz CT molecular complexity index is 1530. The fourth-order valence-electron chi connectivity index (χ4n) is 4.61. The molecule has 3 aromatic rings. The van der Waals surface area contributed by atoms with Crippen molar-refractivity contribution in [3.8, 4) is 11.5 Å². The standard InChI is InChI=1S/C31H35Cl2N3O6S/c1-4-21(3)34-31(38)27(16-22-10-7-6-8-11-22)35(18-24-25(32)12-9-13-26(24)33)30(37)19-36(43(39,40)5-2)23-14-15-28-29(17-23)42-20-41-28/h6-15,17,21,27H,4-5,16,18-20H2,1-3H3,(H,34,38)/t21-,27+/m0/s1. The zero-order chi connectivity index (χ0) is 31.1. The monoisotopic (exact) mass is 647 g/mol. The summed E-state index contributed by atoms with van der Waals surface area (Å²) in [5, 5.41) is 3.63. The Labute approximate surface area is 262 Å². The number of nitrogens with zero attached hydrogens (tertiary/aromatic N) is 2. The third kappa shape index (κ3) is 7.93. The Hall–Kier alpha value is -3.47. The number of benzene rings is 3. The van der Waals surface area contributed by atoms with Crippen LogP contribution in [0.1, 0.15) is 38.3 Å². The molecule has 0 saturated heterocycles. The van der Waals surface area contributed by atoms with Gasteiger partial charge in [-0.3, -0.25) is 13.9 Å². The van der Waals surface area contributed by atoms with E-state index in [1.807, 2.05) is 44.2 Å². The molecule has 230 valence electrons. The molecule has 0 saturated carbocycles. The summed E-state index contributed by atoms with van der Waals surface area (Å²) in [5.74, 6) is -0.388. The zero-order valence-electron chi connectivity index (χ0n) is 24.3. The van der Waals surface area contributed by atoms with Gasteiger partial charge in [-0.2, -0.15) is 0 Å². The number of carbonyl (C=O) groups is 2. The highest BCUT2D eigenvalue weighted by atomic mass is 35.5. The van der Waals surface area contributed by atoms with E-state index < -0.39 is 28.5 Å². The number of rotatable bonds is 13. The number of hydrogen-bond donors (Lipinski definition) is 1. The fourth-order valence-corrected chi connectivity index (χ4v) is 6.18. The molecule has 1 heterocycles. The Morgan fingerprint density at radius 1 is 0.953 bits per heavy atom. The lowest BCUT2D eigenvalue weighted by Gasteiger charge is -2.34. The lowest BCUT2D eigenvalue weighted by Crippen LogP contribution is -2.54. The zero-order valence-corrected chi connectivity index (χ0v) is 26.6. The Morgan fingerprint density at radius 2 is 1.63 bits per heavy atom. The predicted molar refractivity (Wildman–Crippen MR) is 168 cm³/mol. The second kappa shape index (κ2) is 14.3. The number of halogens is 2. The molecular formula is C31H35Cl2N3O6S. The quantitative estimate of drug-likeness (QED) is 0.265. The van der Waals surface area contributed by atoms with Gasteiger partial charge < -0.3 is 19.7 Å². The van der Waals surface area contributed by atoms with Gasteiger partial charge in [0.15, 0.2) is 11.5 Å². The van der Waals surface area contributed by atoms with Crippen molar-refractivity contribution in [3.63, 3.8) is 0 Å². The van der Waals surface area contributed by atoms with Crippen LogP contribution in [0.5, 0.6) is 11.5 Å². The van der Waals surface area contributed by atoms with Crippen LogP contribution in [-0.2, 0) is 32.6 Å². The normalized spacial score (nSPS) is 13.7. The van der Waals surface area contributed by atoms with E-state index in [1.165, 1.54) is 17.9 Å². The van der Waals surface area contributed by atoms with Gasteiger partial charge in [0, 0.05) is 40.7 Å². The van der Waals surface area contributed by atoms with E-state index >= 15 is 0 Å². The van der Waals surface area contributed by atoms with Gasteiger partial charge in [0.2, 0.25) is 28.6 Å². The van der Waals surface area contributed by atoms with Gasteiger partial charge in [-0.1, -0.05) is 66.5 Å². The van der Waals surface area contributed by atoms with Gasteiger partial charge >= 0.3 is 0 Å². The van der Waals surface area contributed by atoms with E-state index in [-0.39, 0.29) is 43.1 Å². The lowest BCUT2D eigenvalue weighted by atomic mass is 10.0. The fraction of sp³-hybridized carbons (Fsp3) is 0.355. The molecule has 1 aliphatic heterocycles. The molecule has 2 atom stereocenters. The molecule has 1 N–H and O–H groups in total. The van der Waals surface area contributed by atoms with Crippen LogP contribution in [0.4, 0.5) is 5.69 Å². The molecule has 0 spiro atoms. The number of amides is 2. The summed E-state index contributed by atoms with van der Waals surface area (Å²) in [7, 11) is -3.94. The minimum atomic E-state index is -3.94. The van der Waals surface area contributed by atoms with Crippen LogP contribution in [0, 0.1) is 0 Å². The molecule has 0 fully saturated rings. The number of sulfonamides is 1. The van der Waals surface area contributed by atoms with E-state index in [0.717, 1.165) is 9.87 Å². The molecule has 4 rings (SSSR count). The first-order chi connectivity index (χ1) is 20.5. The minimum absolute atomic E-state index is 0.0110. The number of anilines is 1. The van der Waals surface area contributed by atoms with Crippen LogP contribution in [0.2, 0.25) is 10.0 Å². The first kappa shape index (κ1) is 32.4. The first-order valence-electron chi connectivity index (χ1n) is 14.0. The van der Waals surface area contributed by atoms with Crippen molar-refractivity contribution in [2.24, 2.45) is 0 Å². The average Bonchev–Trinajstić information content (AvgIpc) is 3.47. The van der Waals surface area contributed by atoms with E-state index in [4.69, 9.17) is 32.7 Å². The van der Waals surface area contributed by atoms with Gasteiger partial charge in [-0.25, -0.2) is 8.42 Å². The van der Waals surface area contributed by atoms with Crippen LogP contribution in [0.15, 0.2) is 66.7 Å². The van der Waals surface area contributed by atoms with Gasteiger partial charge in [-0.05, 0) is 50.1 Å². The second-order valence-electron chi connectivity index (χ2n) is 10.2. The third-order valence-corrected chi connectivity index (χ3v) is 9.74. The summed E-state index contributed by atoms with van der Waals surface area (Å²) in [6.45, 7) is 4.64. The largest absolute Gasteiger partial charge is 0.454 e.